The molecule has 0 spiro atoms. The summed E-state index contributed by atoms with van der Waals surface area (Å²) in [4.78, 5) is 71.9. The van der Waals surface area contributed by atoms with Crippen LogP contribution in [0.1, 0.15) is 59.8 Å². The van der Waals surface area contributed by atoms with E-state index in [9.17, 15) is 33.9 Å². The molecule has 4 amide bonds. The molecule has 0 saturated carbocycles. The quantitative estimate of drug-likeness (QED) is 0.137. The lowest BCUT2D eigenvalue weighted by molar-refractivity contribution is -0.144. The Kier molecular flexibility index (Phi) is 13.4. The Bertz CT molecular complexity index is 757. The second-order valence-corrected chi connectivity index (χ2v) is 8.67. The number of carbonyl (C=O) groups excluding carboxylic acids is 4. The molecule has 0 aromatic rings. The van der Waals surface area contributed by atoms with Gasteiger partial charge >= 0.3 is 11.9 Å². The number of amides is 4. The zero-order valence-electron chi connectivity index (χ0n) is 20.0. The number of rotatable bonds is 16. The standard InChI is InChI=1S/C21H37N5O8/c1-5-11(4)17(21(33)34)26-19(31)13(6-7-15(23)27)24-20(32)14(9-16(28)29)25-18(30)12(22)8-10(2)3/h10-14,17H,5-9,22H2,1-4H3,(H2,23,27)(H,24,32)(H,25,30)(H,26,31)(H,28,29)(H,33,34). The van der Waals surface area contributed by atoms with Crippen LogP contribution in [0.3, 0.4) is 0 Å². The molecule has 0 saturated heterocycles. The van der Waals surface area contributed by atoms with Crippen LogP contribution in [-0.2, 0) is 28.8 Å². The van der Waals surface area contributed by atoms with Crippen molar-refractivity contribution < 1.29 is 39.0 Å². The molecule has 194 valence electrons. The fraction of sp³-hybridized carbons (Fsp3) is 0.714. The van der Waals surface area contributed by atoms with Gasteiger partial charge in [-0.05, 0) is 24.7 Å². The first kappa shape index (κ1) is 30.8. The Labute approximate surface area is 198 Å². The highest BCUT2D eigenvalue weighted by molar-refractivity contribution is 5.95. The molecule has 0 aromatic heterocycles. The number of nitrogens with two attached hydrogens (primary N) is 2. The SMILES string of the molecule is CCC(C)C(NC(=O)C(CCC(N)=O)NC(=O)C(CC(=O)O)NC(=O)C(N)CC(C)C)C(=O)O. The Morgan fingerprint density at radius 1 is 0.853 bits per heavy atom. The summed E-state index contributed by atoms with van der Waals surface area (Å²) < 4.78 is 0. The molecule has 0 aliphatic carbocycles. The van der Waals surface area contributed by atoms with Gasteiger partial charge in [-0.15, -0.1) is 0 Å². The summed E-state index contributed by atoms with van der Waals surface area (Å²) in [5.41, 5.74) is 10.9. The van der Waals surface area contributed by atoms with E-state index in [-0.39, 0.29) is 18.8 Å². The number of aliphatic carboxylic acids is 2. The lowest BCUT2D eigenvalue weighted by Crippen LogP contribution is -2.58. The number of carbonyl (C=O) groups is 6. The fourth-order valence-electron chi connectivity index (χ4n) is 3.04. The van der Waals surface area contributed by atoms with Gasteiger partial charge in [0.05, 0.1) is 12.5 Å². The van der Waals surface area contributed by atoms with Crippen molar-refractivity contribution in [1.82, 2.24) is 16.0 Å². The third-order valence-electron chi connectivity index (χ3n) is 5.16. The van der Waals surface area contributed by atoms with Gasteiger partial charge in [-0.3, -0.25) is 24.0 Å². The topological polar surface area (TPSA) is 231 Å². The minimum atomic E-state index is -1.56. The molecule has 0 radical (unpaired) electrons. The summed E-state index contributed by atoms with van der Waals surface area (Å²) >= 11 is 0. The molecular formula is C21H37N5O8. The van der Waals surface area contributed by atoms with Crippen LogP contribution >= 0.6 is 0 Å². The van der Waals surface area contributed by atoms with E-state index in [1.54, 1.807) is 13.8 Å². The molecule has 0 aromatic carbocycles. The molecule has 34 heavy (non-hydrogen) atoms. The third kappa shape index (κ3) is 11.6. The van der Waals surface area contributed by atoms with Crippen molar-refractivity contribution in [3.63, 3.8) is 0 Å². The van der Waals surface area contributed by atoms with Crippen LogP contribution in [0.2, 0.25) is 0 Å². The predicted octanol–water partition coefficient (Wildman–Crippen LogP) is -1.31. The molecule has 0 fully saturated rings. The van der Waals surface area contributed by atoms with Gasteiger partial charge in [0.15, 0.2) is 0 Å². The van der Waals surface area contributed by atoms with E-state index < -0.39 is 72.1 Å². The van der Waals surface area contributed by atoms with Crippen LogP contribution in [0.25, 0.3) is 0 Å². The van der Waals surface area contributed by atoms with Gasteiger partial charge in [-0.2, -0.15) is 0 Å². The van der Waals surface area contributed by atoms with Crippen molar-refractivity contribution in [3.8, 4) is 0 Å². The zero-order valence-corrected chi connectivity index (χ0v) is 20.0. The van der Waals surface area contributed by atoms with Gasteiger partial charge in [0, 0.05) is 6.42 Å². The second-order valence-electron chi connectivity index (χ2n) is 8.67. The molecule has 5 atom stereocenters. The first-order valence-electron chi connectivity index (χ1n) is 11.1. The van der Waals surface area contributed by atoms with Gasteiger partial charge in [0.1, 0.15) is 18.1 Å². The lowest BCUT2D eigenvalue weighted by Gasteiger charge is -2.26. The lowest BCUT2D eigenvalue weighted by atomic mass is 9.98. The van der Waals surface area contributed by atoms with E-state index in [1.807, 2.05) is 13.8 Å². The molecule has 0 rings (SSSR count). The number of primary amides is 1. The van der Waals surface area contributed by atoms with Crippen LogP contribution in [0, 0.1) is 11.8 Å². The van der Waals surface area contributed by atoms with Crippen LogP contribution in [0.4, 0.5) is 0 Å². The van der Waals surface area contributed by atoms with Crippen molar-refractivity contribution in [3.05, 3.63) is 0 Å². The minimum Gasteiger partial charge on any atom is -0.481 e. The molecule has 5 unspecified atom stereocenters. The monoisotopic (exact) mass is 487 g/mol. The molecule has 0 aliphatic heterocycles. The Morgan fingerprint density at radius 2 is 1.38 bits per heavy atom. The average molecular weight is 488 g/mol. The summed E-state index contributed by atoms with van der Waals surface area (Å²) in [7, 11) is 0. The fourth-order valence-corrected chi connectivity index (χ4v) is 3.04. The summed E-state index contributed by atoms with van der Waals surface area (Å²) in [5.74, 6) is -6.43. The van der Waals surface area contributed by atoms with E-state index in [1.165, 1.54) is 0 Å². The highest BCUT2D eigenvalue weighted by Crippen LogP contribution is 2.10. The molecule has 13 heteroatoms. The number of hydrogen-bond donors (Lipinski definition) is 7. The average Bonchev–Trinajstić information content (AvgIpc) is 2.72. The van der Waals surface area contributed by atoms with Gasteiger partial charge in [-0.1, -0.05) is 34.1 Å². The number of carboxylic acids is 2. The first-order valence-corrected chi connectivity index (χ1v) is 11.1. The number of hydrogen-bond acceptors (Lipinski definition) is 7. The van der Waals surface area contributed by atoms with E-state index in [2.05, 4.69) is 16.0 Å². The predicted molar refractivity (Wildman–Crippen MR) is 121 cm³/mol. The van der Waals surface area contributed by atoms with Crippen molar-refractivity contribution in [2.24, 2.45) is 23.3 Å². The van der Waals surface area contributed by atoms with Crippen LogP contribution in [0.15, 0.2) is 0 Å². The third-order valence-corrected chi connectivity index (χ3v) is 5.16. The van der Waals surface area contributed by atoms with Crippen LogP contribution in [-0.4, -0.2) is 69.9 Å². The first-order chi connectivity index (χ1) is 15.7. The molecule has 0 bridgehead atoms. The van der Waals surface area contributed by atoms with Gasteiger partial charge < -0.3 is 37.6 Å². The largest absolute Gasteiger partial charge is 0.481 e. The number of nitrogens with one attached hydrogen (secondary N) is 3. The maximum atomic E-state index is 12.8. The highest BCUT2D eigenvalue weighted by atomic mass is 16.4. The van der Waals surface area contributed by atoms with Crippen molar-refractivity contribution in [1.29, 1.82) is 0 Å². The van der Waals surface area contributed by atoms with Crippen molar-refractivity contribution >= 4 is 35.6 Å². The Hall–Kier alpha value is -3.22. The van der Waals surface area contributed by atoms with Crippen molar-refractivity contribution in [2.75, 3.05) is 0 Å². The van der Waals surface area contributed by atoms with Gasteiger partial charge in [0.25, 0.3) is 0 Å². The smallest absolute Gasteiger partial charge is 0.326 e. The zero-order chi connectivity index (χ0) is 26.6. The molecule has 9 N–H and O–H groups in total. The van der Waals surface area contributed by atoms with E-state index in [4.69, 9.17) is 16.6 Å². The van der Waals surface area contributed by atoms with Crippen LogP contribution < -0.4 is 27.4 Å². The summed E-state index contributed by atoms with van der Waals surface area (Å²) in [6.45, 7) is 7.03. The maximum Gasteiger partial charge on any atom is 0.326 e. The van der Waals surface area contributed by atoms with Gasteiger partial charge in [-0.25, -0.2) is 4.79 Å². The Morgan fingerprint density at radius 3 is 1.82 bits per heavy atom. The number of carboxylic acid groups (broad SMARTS) is 2. The Balaban J connectivity index is 5.64. The normalized spacial score (nSPS) is 15.4. The molecular weight excluding hydrogens is 450 g/mol. The van der Waals surface area contributed by atoms with Crippen LogP contribution in [0.5, 0.6) is 0 Å². The summed E-state index contributed by atoms with van der Waals surface area (Å²) in [6.07, 6.45) is -0.627. The van der Waals surface area contributed by atoms with Gasteiger partial charge in [0.2, 0.25) is 23.6 Å². The summed E-state index contributed by atoms with van der Waals surface area (Å²) in [6, 6.07) is -5.20. The van der Waals surface area contributed by atoms with E-state index >= 15 is 0 Å². The molecule has 0 aliphatic rings. The molecule has 0 heterocycles. The van der Waals surface area contributed by atoms with E-state index in [0.29, 0.717) is 12.8 Å². The maximum absolute atomic E-state index is 12.8. The van der Waals surface area contributed by atoms with Crippen molar-refractivity contribution in [2.45, 2.75) is 84.0 Å². The second kappa shape index (κ2) is 14.8. The van der Waals surface area contributed by atoms with E-state index in [0.717, 1.165) is 0 Å². The highest BCUT2D eigenvalue weighted by Gasteiger charge is 2.32. The summed E-state index contributed by atoms with van der Waals surface area (Å²) in [5, 5.41) is 25.5. The minimum absolute atomic E-state index is 0.0714. The molecule has 13 nitrogen and oxygen atoms in total.